The zero-order valence-corrected chi connectivity index (χ0v) is 12.2. The molecule has 0 radical (unpaired) electrons. The van der Waals surface area contributed by atoms with E-state index < -0.39 is 0 Å². The lowest BCUT2D eigenvalue weighted by Gasteiger charge is -2.09. The Morgan fingerprint density at radius 1 is 0.895 bits per heavy atom. The fourth-order valence-corrected chi connectivity index (χ4v) is 1.92. The van der Waals surface area contributed by atoms with Gasteiger partial charge in [0.25, 0.3) is 0 Å². The van der Waals surface area contributed by atoms with Gasteiger partial charge in [0.2, 0.25) is 0 Å². The molecule has 0 spiro atoms. The summed E-state index contributed by atoms with van der Waals surface area (Å²) in [6.07, 6.45) is 0. The molecule has 0 atom stereocenters. The molecule has 0 bridgehead atoms. The molecule has 0 saturated heterocycles. The molecule has 1 heterocycles. The summed E-state index contributed by atoms with van der Waals surface area (Å²) < 4.78 is 10.4. The van der Waals surface area contributed by atoms with Crippen LogP contribution in [0, 0.1) is 6.92 Å². The SMILES string of the molecule is COc1cc(OC)cc(-c2nc(Cl)c(C)c(Cl)n2)c1. The Balaban J connectivity index is 2.58. The number of methoxy groups -OCH3 is 2. The number of aromatic nitrogens is 2. The van der Waals surface area contributed by atoms with Gasteiger partial charge in [-0.3, -0.25) is 0 Å². The third kappa shape index (κ3) is 2.91. The van der Waals surface area contributed by atoms with Crippen LogP contribution in [0.5, 0.6) is 11.5 Å². The summed E-state index contributed by atoms with van der Waals surface area (Å²) in [7, 11) is 3.16. The van der Waals surface area contributed by atoms with Crippen LogP contribution < -0.4 is 9.47 Å². The molecule has 0 amide bonds. The van der Waals surface area contributed by atoms with E-state index in [1.807, 2.05) is 0 Å². The fraction of sp³-hybridized carbons (Fsp3) is 0.231. The maximum atomic E-state index is 6.02. The van der Waals surface area contributed by atoms with Gasteiger partial charge in [-0.25, -0.2) is 9.97 Å². The van der Waals surface area contributed by atoms with Crippen molar-refractivity contribution in [3.05, 3.63) is 34.1 Å². The third-order valence-electron chi connectivity index (χ3n) is 2.64. The number of benzene rings is 1. The highest BCUT2D eigenvalue weighted by atomic mass is 35.5. The molecule has 4 nitrogen and oxygen atoms in total. The van der Waals surface area contributed by atoms with Gasteiger partial charge in [-0.2, -0.15) is 0 Å². The van der Waals surface area contributed by atoms with E-state index in [9.17, 15) is 0 Å². The zero-order chi connectivity index (χ0) is 14.0. The van der Waals surface area contributed by atoms with Gasteiger partial charge in [-0.05, 0) is 19.1 Å². The second kappa shape index (κ2) is 5.63. The van der Waals surface area contributed by atoms with Gasteiger partial charge >= 0.3 is 0 Å². The van der Waals surface area contributed by atoms with Crippen LogP contribution in [0.15, 0.2) is 18.2 Å². The number of hydrogen-bond acceptors (Lipinski definition) is 4. The first-order valence-electron chi connectivity index (χ1n) is 5.48. The van der Waals surface area contributed by atoms with Crippen LogP contribution >= 0.6 is 23.2 Å². The molecule has 19 heavy (non-hydrogen) atoms. The Morgan fingerprint density at radius 3 is 1.79 bits per heavy atom. The lowest BCUT2D eigenvalue weighted by molar-refractivity contribution is 0.394. The molecule has 0 aliphatic heterocycles. The van der Waals surface area contributed by atoms with Crippen LogP contribution in [0.2, 0.25) is 10.3 Å². The standard InChI is InChI=1S/C13H12Cl2N2O2/c1-7-11(14)16-13(17-12(7)15)8-4-9(18-2)6-10(5-8)19-3/h4-6H,1-3H3. The van der Waals surface area contributed by atoms with Crippen LogP contribution in [0.25, 0.3) is 11.4 Å². The van der Waals surface area contributed by atoms with Crippen molar-refractivity contribution in [3.63, 3.8) is 0 Å². The maximum absolute atomic E-state index is 6.02. The van der Waals surface area contributed by atoms with Gasteiger partial charge in [-0.1, -0.05) is 23.2 Å². The van der Waals surface area contributed by atoms with Gasteiger partial charge in [-0.15, -0.1) is 0 Å². The minimum Gasteiger partial charge on any atom is -0.497 e. The van der Waals surface area contributed by atoms with Crippen molar-refractivity contribution in [2.24, 2.45) is 0 Å². The lowest BCUT2D eigenvalue weighted by atomic mass is 10.2. The van der Waals surface area contributed by atoms with Crippen LogP contribution in [0.4, 0.5) is 0 Å². The largest absolute Gasteiger partial charge is 0.497 e. The molecule has 1 aromatic carbocycles. The van der Waals surface area contributed by atoms with E-state index >= 15 is 0 Å². The smallest absolute Gasteiger partial charge is 0.162 e. The summed E-state index contributed by atoms with van der Waals surface area (Å²) in [5, 5.41) is 0.661. The Labute approximate surface area is 121 Å². The summed E-state index contributed by atoms with van der Waals surface area (Å²) in [5.74, 6) is 1.72. The maximum Gasteiger partial charge on any atom is 0.162 e. The van der Waals surface area contributed by atoms with Gasteiger partial charge in [0.15, 0.2) is 5.82 Å². The zero-order valence-electron chi connectivity index (χ0n) is 10.7. The topological polar surface area (TPSA) is 44.2 Å². The molecule has 0 fully saturated rings. The van der Waals surface area contributed by atoms with E-state index in [1.165, 1.54) is 0 Å². The predicted octanol–water partition coefficient (Wildman–Crippen LogP) is 3.78. The minimum atomic E-state index is 0.330. The van der Waals surface area contributed by atoms with Gasteiger partial charge in [0.05, 0.1) is 14.2 Å². The van der Waals surface area contributed by atoms with E-state index in [0.717, 1.165) is 5.56 Å². The lowest BCUT2D eigenvalue weighted by Crippen LogP contribution is -1.95. The van der Waals surface area contributed by atoms with Crippen molar-refractivity contribution in [1.82, 2.24) is 9.97 Å². The molecule has 6 heteroatoms. The minimum absolute atomic E-state index is 0.330. The van der Waals surface area contributed by atoms with Crippen molar-refractivity contribution in [1.29, 1.82) is 0 Å². The van der Waals surface area contributed by atoms with E-state index in [2.05, 4.69) is 9.97 Å². The first-order chi connectivity index (χ1) is 9.05. The Morgan fingerprint density at radius 2 is 1.37 bits per heavy atom. The predicted molar refractivity (Wildman–Crippen MR) is 75.3 cm³/mol. The quantitative estimate of drug-likeness (QED) is 0.809. The van der Waals surface area contributed by atoms with Crippen molar-refractivity contribution in [2.45, 2.75) is 6.92 Å². The average Bonchev–Trinajstić information content (AvgIpc) is 2.43. The van der Waals surface area contributed by atoms with Crippen LogP contribution in [-0.4, -0.2) is 24.2 Å². The van der Waals surface area contributed by atoms with E-state index in [1.54, 1.807) is 39.3 Å². The molecule has 0 aliphatic carbocycles. The number of hydrogen-bond donors (Lipinski definition) is 0. The molecule has 2 rings (SSSR count). The number of halogens is 2. The van der Waals surface area contributed by atoms with Crippen LogP contribution in [0.1, 0.15) is 5.56 Å². The molecule has 1 aromatic heterocycles. The van der Waals surface area contributed by atoms with Crippen LogP contribution in [0.3, 0.4) is 0 Å². The third-order valence-corrected chi connectivity index (χ3v) is 3.37. The van der Waals surface area contributed by atoms with Crippen molar-refractivity contribution < 1.29 is 9.47 Å². The highest BCUT2D eigenvalue weighted by molar-refractivity contribution is 6.34. The van der Waals surface area contributed by atoms with Gasteiger partial charge < -0.3 is 9.47 Å². The summed E-state index contributed by atoms with van der Waals surface area (Å²) in [4.78, 5) is 8.43. The molecule has 100 valence electrons. The average molecular weight is 299 g/mol. The molecular weight excluding hydrogens is 287 g/mol. The Bertz CT molecular complexity index is 572. The number of ether oxygens (including phenoxy) is 2. The first kappa shape index (κ1) is 13.9. The fourth-order valence-electron chi connectivity index (χ4n) is 1.53. The summed E-state index contributed by atoms with van der Waals surface area (Å²) in [6.45, 7) is 1.76. The number of rotatable bonds is 3. The molecule has 0 N–H and O–H groups in total. The number of nitrogens with zero attached hydrogens (tertiary/aromatic N) is 2. The monoisotopic (exact) mass is 298 g/mol. The Hall–Kier alpha value is -1.52. The highest BCUT2D eigenvalue weighted by Crippen LogP contribution is 2.30. The van der Waals surface area contributed by atoms with Crippen molar-refractivity contribution in [2.75, 3.05) is 14.2 Å². The van der Waals surface area contributed by atoms with Gasteiger partial charge in [0.1, 0.15) is 21.8 Å². The van der Waals surface area contributed by atoms with E-state index in [-0.39, 0.29) is 0 Å². The molecule has 0 unspecified atom stereocenters. The second-order valence-corrected chi connectivity index (χ2v) is 4.57. The summed E-state index contributed by atoms with van der Waals surface area (Å²) >= 11 is 12.0. The Kier molecular flexibility index (Phi) is 4.12. The highest BCUT2D eigenvalue weighted by Gasteiger charge is 2.11. The normalized spacial score (nSPS) is 10.4. The summed E-state index contributed by atoms with van der Waals surface area (Å²) in [6, 6.07) is 5.35. The van der Waals surface area contributed by atoms with Crippen molar-refractivity contribution in [3.8, 4) is 22.9 Å². The molecule has 0 aliphatic rings. The van der Waals surface area contributed by atoms with E-state index in [0.29, 0.717) is 33.2 Å². The molecule has 2 aromatic rings. The summed E-state index contributed by atoms with van der Waals surface area (Å²) in [5.41, 5.74) is 1.38. The second-order valence-electron chi connectivity index (χ2n) is 3.86. The van der Waals surface area contributed by atoms with Crippen molar-refractivity contribution >= 4 is 23.2 Å². The van der Waals surface area contributed by atoms with Crippen LogP contribution in [-0.2, 0) is 0 Å². The van der Waals surface area contributed by atoms with E-state index in [4.69, 9.17) is 32.7 Å². The first-order valence-corrected chi connectivity index (χ1v) is 6.24. The molecule has 0 saturated carbocycles. The molecular formula is C13H12Cl2N2O2. The van der Waals surface area contributed by atoms with Gasteiger partial charge in [0, 0.05) is 17.2 Å².